The molecule has 0 aliphatic heterocycles. The number of allylic oxidation sites excluding steroid dienone is 1. The van der Waals surface area contributed by atoms with Gasteiger partial charge in [0, 0.05) is 12.2 Å². The Morgan fingerprint density at radius 3 is 2.81 bits per heavy atom. The largest absolute Gasteiger partial charge is 0.398 e. The number of hydrogen-bond acceptors (Lipinski definition) is 2. The van der Waals surface area contributed by atoms with Crippen molar-refractivity contribution in [2.75, 3.05) is 12.3 Å². The molecule has 0 spiro atoms. The first-order valence-corrected chi connectivity index (χ1v) is 5.77. The van der Waals surface area contributed by atoms with Gasteiger partial charge in [-0.2, -0.15) is 0 Å². The molecule has 1 aromatic rings. The fourth-order valence-corrected chi connectivity index (χ4v) is 1.61. The van der Waals surface area contributed by atoms with Crippen LogP contribution >= 0.6 is 15.9 Å². The van der Waals surface area contributed by atoms with Crippen LogP contribution in [0.25, 0.3) is 0 Å². The van der Waals surface area contributed by atoms with E-state index in [9.17, 15) is 4.79 Å². The SMILES string of the molecule is CC(C)=CCNC(=O)c1cccc(N)c1Br. The van der Waals surface area contributed by atoms with Crippen LogP contribution in [0.4, 0.5) is 5.69 Å². The van der Waals surface area contributed by atoms with Gasteiger partial charge in [-0.05, 0) is 41.9 Å². The van der Waals surface area contributed by atoms with Crippen molar-refractivity contribution in [1.82, 2.24) is 5.32 Å². The Morgan fingerprint density at radius 2 is 2.19 bits per heavy atom. The van der Waals surface area contributed by atoms with E-state index in [4.69, 9.17) is 5.73 Å². The van der Waals surface area contributed by atoms with Crippen LogP contribution in [0.15, 0.2) is 34.3 Å². The highest BCUT2D eigenvalue weighted by Crippen LogP contribution is 2.23. The molecule has 0 saturated heterocycles. The lowest BCUT2D eigenvalue weighted by Crippen LogP contribution is -2.24. The zero-order valence-electron chi connectivity index (χ0n) is 9.38. The first-order valence-electron chi connectivity index (χ1n) is 4.98. The summed E-state index contributed by atoms with van der Waals surface area (Å²) in [5, 5.41) is 2.80. The van der Waals surface area contributed by atoms with E-state index in [2.05, 4.69) is 21.2 Å². The minimum absolute atomic E-state index is 0.128. The fraction of sp³-hybridized carbons (Fsp3) is 0.250. The van der Waals surface area contributed by atoms with Crippen molar-refractivity contribution < 1.29 is 4.79 Å². The molecule has 0 heterocycles. The Balaban J connectivity index is 2.74. The molecule has 0 aromatic heterocycles. The minimum atomic E-state index is -0.128. The van der Waals surface area contributed by atoms with Crippen molar-refractivity contribution >= 4 is 27.5 Å². The van der Waals surface area contributed by atoms with Crippen LogP contribution in [-0.2, 0) is 0 Å². The average Bonchev–Trinajstić information content (AvgIpc) is 2.21. The summed E-state index contributed by atoms with van der Waals surface area (Å²) >= 11 is 3.30. The number of nitrogens with one attached hydrogen (secondary N) is 1. The van der Waals surface area contributed by atoms with Crippen LogP contribution in [0.5, 0.6) is 0 Å². The Labute approximate surface area is 104 Å². The summed E-state index contributed by atoms with van der Waals surface area (Å²) in [6.07, 6.45) is 1.96. The maximum atomic E-state index is 11.8. The summed E-state index contributed by atoms with van der Waals surface area (Å²) in [6, 6.07) is 5.24. The maximum Gasteiger partial charge on any atom is 0.252 e. The first kappa shape index (κ1) is 12.8. The van der Waals surface area contributed by atoms with Gasteiger partial charge in [-0.3, -0.25) is 4.79 Å². The fourth-order valence-electron chi connectivity index (χ4n) is 1.17. The van der Waals surface area contributed by atoms with E-state index < -0.39 is 0 Å². The second-order valence-corrected chi connectivity index (χ2v) is 4.49. The van der Waals surface area contributed by atoms with Crippen LogP contribution in [0.1, 0.15) is 24.2 Å². The monoisotopic (exact) mass is 282 g/mol. The zero-order chi connectivity index (χ0) is 12.1. The molecule has 0 aliphatic rings. The molecule has 16 heavy (non-hydrogen) atoms. The molecule has 0 atom stereocenters. The van der Waals surface area contributed by atoms with E-state index in [1.165, 1.54) is 5.57 Å². The number of carbonyl (C=O) groups excluding carboxylic acids is 1. The van der Waals surface area contributed by atoms with Gasteiger partial charge in [0.1, 0.15) is 0 Å². The van der Waals surface area contributed by atoms with Crippen LogP contribution < -0.4 is 11.1 Å². The van der Waals surface area contributed by atoms with Gasteiger partial charge >= 0.3 is 0 Å². The van der Waals surface area contributed by atoms with Gasteiger partial charge in [0.05, 0.1) is 10.0 Å². The second-order valence-electron chi connectivity index (χ2n) is 3.70. The van der Waals surface area contributed by atoms with Gasteiger partial charge in [0.25, 0.3) is 5.91 Å². The Kier molecular flexibility index (Phi) is 4.55. The molecule has 3 N–H and O–H groups in total. The zero-order valence-corrected chi connectivity index (χ0v) is 11.0. The Hall–Kier alpha value is -1.29. The molecule has 0 fully saturated rings. The van der Waals surface area contributed by atoms with Gasteiger partial charge in [0.15, 0.2) is 0 Å². The molecule has 0 unspecified atom stereocenters. The van der Waals surface area contributed by atoms with Crippen LogP contribution in [-0.4, -0.2) is 12.5 Å². The van der Waals surface area contributed by atoms with Gasteiger partial charge in [-0.25, -0.2) is 0 Å². The lowest BCUT2D eigenvalue weighted by Gasteiger charge is -2.06. The number of amides is 1. The molecule has 1 rings (SSSR count). The molecular formula is C12H15BrN2O. The van der Waals surface area contributed by atoms with Crippen molar-refractivity contribution in [3.05, 3.63) is 39.9 Å². The van der Waals surface area contributed by atoms with Gasteiger partial charge in [0.2, 0.25) is 0 Å². The van der Waals surface area contributed by atoms with Crippen molar-refractivity contribution in [2.45, 2.75) is 13.8 Å². The van der Waals surface area contributed by atoms with Gasteiger partial charge in [-0.1, -0.05) is 17.7 Å². The third-order valence-electron chi connectivity index (χ3n) is 2.05. The predicted molar refractivity (Wildman–Crippen MR) is 70.3 cm³/mol. The lowest BCUT2D eigenvalue weighted by molar-refractivity contribution is 0.0957. The molecule has 1 aromatic carbocycles. The quantitative estimate of drug-likeness (QED) is 0.662. The summed E-state index contributed by atoms with van der Waals surface area (Å²) in [4.78, 5) is 11.8. The van der Waals surface area contributed by atoms with E-state index in [1.807, 2.05) is 19.9 Å². The topological polar surface area (TPSA) is 55.1 Å². The highest BCUT2D eigenvalue weighted by molar-refractivity contribution is 9.10. The lowest BCUT2D eigenvalue weighted by atomic mass is 10.2. The Bertz CT molecular complexity index is 423. The molecule has 0 aliphatic carbocycles. The first-order chi connectivity index (χ1) is 7.52. The number of hydrogen-bond donors (Lipinski definition) is 2. The highest BCUT2D eigenvalue weighted by Gasteiger charge is 2.10. The van der Waals surface area contributed by atoms with Crippen molar-refractivity contribution in [3.63, 3.8) is 0 Å². The molecule has 0 radical (unpaired) electrons. The van der Waals surface area contributed by atoms with E-state index in [0.717, 1.165) is 0 Å². The number of carbonyl (C=O) groups is 1. The average molecular weight is 283 g/mol. The van der Waals surface area contributed by atoms with Gasteiger partial charge < -0.3 is 11.1 Å². The Morgan fingerprint density at radius 1 is 1.50 bits per heavy atom. The van der Waals surface area contributed by atoms with Crippen LogP contribution in [0, 0.1) is 0 Å². The standard InChI is InChI=1S/C12H15BrN2O/c1-8(2)6-7-15-12(16)9-4-3-5-10(14)11(9)13/h3-6H,7,14H2,1-2H3,(H,15,16). The number of nitrogen functional groups attached to an aromatic ring is 1. The molecule has 4 heteroatoms. The number of anilines is 1. The minimum Gasteiger partial charge on any atom is -0.398 e. The van der Waals surface area contributed by atoms with Crippen LogP contribution in [0.2, 0.25) is 0 Å². The van der Waals surface area contributed by atoms with E-state index in [-0.39, 0.29) is 5.91 Å². The predicted octanol–water partition coefficient (Wildman–Crippen LogP) is 2.73. The summed E-state index contributed by atoms with van der Waals surface area (Å²) in [5.41, 5.74) is 7.99. The van der Waals surface area contributed by atoms with Crippen molar-refractivity contribution in [3.8, 4) is 0 Å². The molecule has 86 valence electrons. The smallest absolute Gasteiger partial charge is 0.252 e. The number of benzene rings is 1. The number of rotatable bonds is 3. The maximum absolute atomic E-state index is 11.8. The summed E-state index contributed by atoms with van der Waals surface area (Å²) in [6.45, 7) is 4.51. The summed E-state index contributed by atoms with van der Waals surface area (Å²) in [7, 11) is 0. The molecule has 1 amide bonds. The molecular weight excluding hydrogens is 268 g/mol. The number of halogens is 1. The third kappa shape index (κ3) is 3.38. The number of nitrogens with two attached hydrogens (primary N) is 1. The van der Waals surface area contributed by atoms with E-state index in [0.29, 0.717) is 22.3 Å². The summed E-state index contributed by atoms with van der Waals surface area (Å²) in [5.74, 6) is -0.128. The second kappa shape index (κ2) is 5.70. The van der Waals surface area contributed by atoms with Crippen molar-refractivity contribution in [2.24, 2.45) is 0 Å². The summed E-state index contributed by atoms with van der Waals surface area (Å²) < 4.78 is 0.643. The normalized spacial score (nSPS) is 9.69. The molecule has 0 bridgehead atoms. The van der Waals surface area contributed by atoms with Gasteiger partial charge in [-0.15, -0.1) is 0 Å². The van der Waals surface area contributed by atoms with Crippen molar-refractivity contribution in [1.29, 1.82) is 0 Å². The third-order valence-corrected chi connectivity index (χ3v) is 2.93. The van der Waals surface area contributed by atoms with E-state index in [1.54, 1.807) is 18.2 Å². The van der Waals surface area contributed by atoms with Crippen LogP contribution in [0.3, 0.4) is 0 Å². The highest BCUT2D eigenvalue weighted by atomic mass is 79.9. The molecule has 0 saturated carbocycles. The molecule has 3 nitrogen and oxygen atoms in total. The van der Waals surface area contributed by atoms with E-state index >= 15 is 0 Å².